The minimum absolute atomic E-state index is 0.106. The van der Waals surface area contributed by atoms with Gasteiger partial charge in [0, 0.05) is 25.7 Å². The van der Waals surface area contributed by atoms with Gasteiger partial charge in [0.2, 0.25) is 0 Å². The highest BCUT2D eigenvalue weighted by molar-refractivity contribution is 7.47. The van der Waals surface area contributed by atoms with Gasteiger partial charge >= 0.3 is 39.5 Å². The molecule has 576 valence electrons. The van der Waals surface area contributed by atoms with Crippen LogP contribution in [0.15, 0.2) is 0 Å². The molecule has 0 aromatic rings. The zero-order valence-electron chi connectivity index (χ0n) is 63.5. The van der Waals surface area contributed by atoms with E-state index in [1.807, 2.05) is 0 Å². The Morgan fingerprint density at radius 2 is 0.526 bits per heavy atom. The second kappa shape index (κ2) is 68.5. The van der Waals surface area contributed by atoms with E-state index in [0.717, 1.165) is 108 Å². The fourth-order valence-corrected chi connectivity index (χ4v) is 13.5. The summed E-state index contributed by atoms with van der Waals surface area (Å²) in [6, 6.07) is 0. The van der Waals surface area contributed by atoms with E-state index in [1.165, 1.54) is 212 Å². The van der Waals surface area contributed by atoms with Crippen LogP contribution in [0, 0.1) is 17.8 Å². The summed E-state index contributed by atoms with van der Waals surface area (Å²) in [4.78, 5) is 72.9. The number of carbonyl (C=O) groups excluding carboxylic acids is 4. The van der Waals surface area contributed by atoms with Gasteiger partial charge in [0.25, 0.3) is 0 Å². The first-order valence-corrected chi connectivity index (χ1v) is 43.4. The molecule has 0 amide bonds. The van der Waals surface area contributed by atoms with Crippen LogP contribution in [-0.4, -0.2) is 96.7 Å². The van der Waals surface area contributed by atoms with E-state index in [0.29, 0.717) is 25.7 Å². The molecule has 0 radical (unpaired) electrons. The summed E-state index contributed by atoms with van der Waals surface area (Å²) >= 11 is 0. The van der Waals surface area contributed by atoms with Crippen molar-refractivity contribution < 1.29 is 80.2 Å². The van der Waals surface area contributed by atoms with E-state index in [-0.39, 0.29) is 25.7 Å². The zero-order valence-corrected chi connectivity index (χ0v) is 65.3. The molecule has 0 aliphatic carbocycles. The molecule has 0 heterocycles. The van der Waals surface area contributed by atoms with Crippen molar-refractivity contribution in [1.82, 2.24) is 0 Å². The molecule has 0 aliphatic heterocycles. The number of phosphoric ester groups is 2. The largest absolute Gasteiger partial charge is 0.472 e. The number of aliphatic hydroxyl groups is 1. The lowest BCUT2D eigenvalue weighted by Crippen LogP contribution is -2.30. The molecule has 0 aliphatic rings. The summed E-state index contributed by atoms with van der Waals surface area (Å²) in [5.41, 5.74) is 0. The lowest BCUT2D eigenvalue weighted by atomic mass is 9.99. The predicted octanol–water partition coefficient (Wildman–Crippen LogP) is 23.0. The van der Waals surface area contributed by atoms with Crippen LogP contribution >= 0.6 is 15.6 Å². The molecule has 7 atom stereocenters. The SMILES string of the molecule is CCCCCCCCCCCCCC(=O)OC[C@H](COP(=O)(O)OC[C@H](O)COP(=O)(O)OC[C@@H](COC(=O)CCCCCCCCCCCCC(C)CC)OC(=O)CCCCCCCCCCCCCCCCCC(C)C)OC(=O)CCCCCCCCCCCCC(C)CC. The fraction of sp³-hybridized carbons (Fsp3) is 0.949. The summed E-state index contributed by atoms with van der Waals surface area (Å²) in [5, 5.41) is 10.6. The van der Waals surface area contributed by atoms with Crippen LogP contribution in [0.1, 0.15) is 402 Å². The Hall–Kier alpha value is -1.94. The van der Waals surface area contributed by atoms with Gasteiger partial charge in [-0.1, -0.05) is 350 Å². The third kappa shape index (κ3) is 69.5. The maximum atomic E-state index is 13.1. The van der Waals surface area contributed by atoms with Gasteiger partial charge in [0.05, 0.1) is 26.4 Å². The molecular formula is C78H152O17P2. The van der Waals surface area contributed by atoms with Gasteiger partial charge in [0.15, 0.2) is 12.2 Å². The van der Waals surface area contributed by atoms with Crippen molar-refractivity contribution in [1.29, 1.82) is 0 Å². The van der Waals surface area contributed by atoms with Crippen LogP contribution in [0.2, 0.25) is 0 Å². The third-order valence-corrected chi connectivity index (χ3v) is 20.8. The van der Waals surface area contributed by atoms with E-state index >= 15 is 0 Å². The Bertz CT molecular complexity index is 1890. The van der Waals surface area contributed by atoms with Gasteiger partial charge in [-0.2, -0.15) is 0 Å². The predicted molar refractivity (Wildman–Crippen MR) is 395 cm³/mol. The number of esters is 4. The van der Waals surface area contributed by atoms with E-state index < -0.39 is 97.5 Å². The Balaban J connectivity index is 5.26. The van der Waals surface area contributed by atoms with E-state index in [9.17, 15) is 43.2 Å². The zero-order chi connectivity index (χ0) is 71.6. The van der Waals surface area contributed by atoms with Crippen molar-refractivity contribution in [3.8, 4) is 0 Å². The molecule has 0 aromatic heterocycles. The van der Waals surface area contributed by atoms with Gasteiger partial charge in [0.1, 0.15) is 19.3 Å². The van der Waals surface area contributed by atoms with Gasteiger partial charge in [-0.3, -0.25) is 37.3 Å². The molecule has 0 saturated carbocycles. The van der Waals surface area contributed by atoms with Crippen molar-refractivity contribution in [2.45, 2.75) is 420 Å². The van der Waals surface area contributed by atoms with Crippen molar-refractivity contribution in [2.75, 3.05) is 39.6 Å². The van der Waals surface area contributed by atoms with E-state index in [1.54, 1.807) is 0 Å². The van der Waals surface area contributed by atoms with Gasteiger partial charge in [-0.15, -0.1) is 0 Å². The number of ether oxygens (including phenoxy) is 4. The molecule has 0 rings (SSSR count). The van der Waals surface area contributed by atoms with Crippen LogP contribution in [0.25, 0.3) is 0 Å². The lowest BCUT2D eigenvalue weighted by Gasteiger charge is -2.21. The quantitative estimate of drug-likeness (QED) is 0.0222. The number of aliphatic hydroxyl groups excluding tert-OH is 1. The maximum absolute atomic E-state index is 13.1. The fourth-order valence-electron chi connectivity index (χ4n) is 11.9. The highest BCUT2D eigenvalue weighted by Gasteiger charge is 2.30. The van der Waals surface area contributed by atoms with E-state index in [4.69, 9.17) is 37.0 Å². The average molecular weight is 1420 g/mol. The lowest BCUT2D eigenvalue weighted by molar-refractivity contribution is -0.161. The van der Waals surface area contributed by atoms with Crippen LogP contribution in [0.4, 0.5) is 0 Å². The van der Waals surface area contributed by atoms with Crippen molar-refractivity contribution in [2.24, 2.45) is 17.8 Å². The molecule has 19 heteroatoms. The molecular weight excluding hydrogens is 1270 g/mol. The molecule has 0 bridgehead atoms. The maximum Gasteiger partial charge on any atom is 0.472 e. The summed E-state index contributed by atoms with van der Waals surface area (Å²) in [5.74, 6) is 0.302. The number of unbranched alkanes of at least 4 members (excludes halogenated alkanes) is 42. The molecule has 0 spiro atoms. The Morgan fingerprint density at radius 3 is 0.784 bits per heavy atom. The monoisotopic (exact) mass is 1420 g/mol. The van der Waals surface area contributed by atoms with Crippen molar-refractivity contribution in [3.63, 3.8) is 0 Å². The average Bonchev–Trinajstić information content (AvgIpc) is 1.62. The van der Waals surface area contributed by atoms with Crippen LogP contribution in [0.3, 0.4) is 0 Å². The first-order chi connectivity index (χ1) is 46.8. The molecule has 0 aromatic carbocycles. The Kier molecular flexibility index (Phi) is 67.1. The smallest absolute Gasteiger partial charge is 0.462 e. The summed E-state index contributed by atoms with van der Waals surface area (Å²) < 4.78 is 68.6. The highest BCUT2D eigenvalue weighted by Crippen LogP contribution is 2.45. The molecule has 0 fully saturated rings. The second-order valence-electron chi connectivity index (χ2n) is 29.1. The Morgan fingerprint density at radius 1 is 0.299 bits per heavy atom. The second-order valence-corrected chi connectivity index (χ2v) is 32.0. The van der Waals surface area contributed by atoms with Crippen LogP contribution in [0.5, 0.6) is 0 Å². The number of hydrogen-bond acceptors (Lipinski definition) is 15. The number of carbonyl (C=O) groups is 4. The first kappa shape index (κ1) is 95.1. The number of hydrogen-bond donors (Lipinski definition) is 3. The van der Waals surface area contributed by atoms with Crippen LogP contribution in [-0.2, 0) is 65.4 Å². The van der Waals surface area contributed by atoms with Gasteiger partial charge < -0.3 is 33.8 Å². The molecule has 3 N–H and O–H groups in total. The minimum atomic E-state index is -4.96. The minimum Gasteiger partial charge on any atom is -0.462 e. The van der Waals surface area contributed by atoms with E-state index in [2.05, 4.69) is 48.5 Å². The van der Waals surface area contributed by atoms with Crippen molar-refractivity contribution >= 4 is 39.5 Å². The topological polar surface area (TPSA) is 237 Å². The molecule has 0 saturated heterocycles. The highest BCUT2D eigenvalue weighted by atomic mass is 31.2. The summed E-state index contributed by atoms with van der Waals surface area (Å²) in [6.07, 6.45) is 55.2. The van der Waals surface area contributed by atoms with Gasteiger partial charge in [-0.25, -0.2) is 9.13 Å². The molecule has 17 nitrogen and oxygen atoms in total. The summed E-state index contributed by atoms with van der Waals surface area (Å²) in [7, 11) is -9.92. The standard InChI is InChI=1S/C78H152O17P2/c1-8-11-12-13-14-15-21-31-38-45-52-59-75(80)88-65-74(95-78(83)62-55-48-41-34-27-25-30-37-44-51-58-71(7)10-3)68-93-97(86,87)91-64-72(79)63-90-96(84,85)92-67-73(66-89-76(81)60-53-46-39-32-26-24-29-36-43-50-57-70(6)9-2)94-77(82)61-54-47-40-33-23-20-18-16-17-19-22-28-35-42-49-56-69(4)5/h69-74,79H,8-68H2,1-7H3,(H,84,85)(H,86,87)/t70?,71?,72-,73-,74-/m1/s1. The summed E-state index contributed by atoms with van der Waals surface area (Å²) in [6.45, 7) is 12.0. The van der Waals surface area contributed by atoms with Crippen molar-refractivity contribution in [3.05, 3.63) is 0 Å². The van der Waals surface area contributed by atoms with Gasteiger partial charge in [-0.05, 0) is 43.4 Å². The third-order valence-electron chi connectivity index (χ3n) is 18.9. The number of rotatable bonds is 76. The number of phosphoric acid groups is 2. The Labute approximate surface area is 594 Å². The van der Waals surface area contributed by atoms with Crippen LogP contribution < -0.4 is 0 Å². The normalized spacial score (nSPS) is 14.6. The molecule has 97 heavy (non-hydrogen) atoms. The first-order valence-electron chi connectivity index (χ1n) is 40.4. The molecule has 4 unspecified atom stereocenters.